The smallest absolute Gasteiger partial charge is 4.00 e. The Kier molecular flexibility index (Phi) is 18.0. The Balaban J connectivity index is -0.000000122. The van der Waals surface area contributed by atoms with Crippen LogP contribution in [0.5, 0.6) is 0 Å². The van der Waals surface area contributed by atoms with Crippen molar-refractivity contribution in [3.63, 3.8) is 0 Å². The molecule has 1 aromatic carbocycles. The molecule has 1 aromatic rings. The van der Waals surface area contributed by atoms with Gasteiger partial charge in [0.25, 0.3) is 0 Å². The van der Waals surface area contributed by atoms with E-state index in [4.69, 9.17) is 17.2 Å². The van der Waals surface area contributed by atoms with Gasteiger partial charge >= 0.3 is 80.0 Å². The van der Waals surface area contributed by atoms with Gasteiger partial charge in [0.05, 0.1) is 0 Å². The van der Waals surface area contributed by atoms with Crippen LogP contribution >= 0.6 is 0 Å². The van der Waals surface area contributed by atoms with Gasteiger partial charge in [-0.15, -0.1) is 16.6 Å². The van der Waals surface area contributed by atoms with Crippen LogP contribution in [-0.4, -0.2) is 31.3 Å². The molecule has 146 valence electrons. The van der Waals surface area contributed by atoms with Crippen molar-refractivity contribution in [3.05, 3.63) is 41.5 Å². The largest absolute Gasteiger partial charge is 4.00 e. The van der Waals surface area contributed by atoms with E-state index in [9.17, 15) is 10.5 Å². The molecule has 0 radical (unpaired) electrons. The average Bonchev–Trinajstić information content (AvgIpc) is 2.58. The monoisotopic (exact) mass is 501 g/mol. The van der Waals surface area contributed by atoms with Gasteiger partial charge in [-0.3, -0.25) is 0 Å². The second-order valence-corrected chi connectivity index (χ2v) is 11.7. The molecule has 8 heteroatoms. The van der Waals surface area contributed by atoms with Crippen molar-refractivity contribution in [2.45, 2.75) is 78.9 Å². The number of rotatable bonds is 1. The predicted molar refractivity (Wildman–Crippen MR) is 103 cm³/mol. The maximum atomic E-state index is 11.8. The molecule has 25 heavy (non-hydrogen) atoms. The molecule has 0 heterocycles. The second-order valence-electron chi connectivity index (χ2n) is 8.42. The molecule has 1 rings (SSSR count). The Morgan fingerprint density at radius 1 is 0.640 bits per heavy atom. The molecule has 0 aromatic heterocycles. The molecule has 0 atom stereocenters. The summed E-state index contributed by atoms with van der Waals surface area (Å²) in [4.78, 5) is 0. The van der Waals surface area contributed by atoms with Crippen LogP contribution in [0.2, 0.25) is 0 Å². The SMILES string of the molecule is CC(C)(C)[NH-].CC(C)(C)[NH-].CC(C)(C)[NH-].[F][Ge]([F])([F])[c-]1cccc1.[Zr+4]. The van der Waals surface area contributed by atoms with Crippen LogP contribution in [0.15, 0.2) is 24.3 Å². The van der Waals surface area contributed by atoms with Crippen LogP contribution in [0.3, 0.4) is 0 Å². The van der Waals surface area contributed by atoms with Crippen molar-refractivity contribution in [1.82, 2.24) is 0 Å². The molecule has 0 amide bonds. The zero-order valence-corrected chi connectivity index (χ0v) is 21.5. The zero-order chi connectivity index (χ0) is 20.4. The Hall–Kier alpha value is 0.446. The van der Waals surface area contributed by atoms with Crippen molar-refractivity contribution in [2.24, 2.45) is 0 Å². The second kappa shape index (κ2) is 13.6. The third kappa shape index (κ3) is 68.1. The number of hydrogen-bond acceptors (Lipinski definition) is 0. The van der Waals surface area contributed by atoms with E-state index in [0.29, 0.717) is 0 Å². The van der Waals surface area contributed by atoms with E-state index >= 15 is 0 Å². The van der Waals surface area contributed by atoms with Crippen molar-refractivity contribution in [1.29, 1.82) is 0 Å². The zero-order valence-electron chi connectivity index (χ0n) is 16.9. The Morgan fingerprint density at radius 2 is 0.800 bits per heavy atom. The van der Waals surface area contributed by atoms with Crippen molar-refractivity contribution < 1.29 is 36.7 Å². The maximum absolute atomic E-state index is 11.8. The molecular formula is C17H34F3GeN3Zr. The molecule has 3 N–H and O–H groups in total. The van der Waals surface area contributed by atoms with Crippen molar-refractivity contribution in [2.75, 3.05) is 0 Å². The summed E-state index contributed by atoms with van der Waals surface area (Å²) in [6, 6.07) is 5.07. The van der Waals surface area contributed by atoms with Crippen LogP contribution < -0.4 is 4.40 Å². The third-order valence-electron chi connectivity index (χ3n) is 0.990. The first kappa shape index (κ1) is 33.1. The summed E-state index contributed by atoms with van der Waals surface area (Å²) in [7, 11) is 0. The van der Waals surface area contributed by atoms with E-state index in [-0.39, 0.29) is 42.8 Å². The molecule has 0 aliphatic carbocycles. The van der Waals surface area contributed by atoms with Crippen LogP contribution in [0.1, 0.15) is 62.3 Å². The van der Waals surface area contributed by atoms with Crippen molar-refractivity contribution >= 4 is 19.1 Å². The predicted octanol–water partition coefficient (Wildman–Crippen LogP) is 6.97. The third-order valence-corrected chi connectivity index (χ3v) is 3.06. The number of hydrogen-bond donors (Lipinski definition) is 0. The minimum atomic E-state index is -5.94. The quantitative estimate of drug-likeness (QED) is 0.295. The number of halogens is 3. The van der Waals surface area contributed by atoms with Crippen LogP contribution in [0.25, 0.3) is 17.2 Å². The molecule has 0 bridgehead atoms. The summed E-state index contributed by atoms with van der Waals surface area (Å²) in [5.74, 6) is 0. The van der Waals surface area contributed by atoms with Gasteiger partial charge < -0.3 is 17.2 Å². The van der Waals surface area contributed by atoms with E-state index in [2.05, 4.69) is 0 Å². The molecular weight excluding hydrogens is 467 g/mol. The Labute approximate surface area is 175 Å². The fourth-order valence-corrected chi connectivity index (χ4v) is 1.76. The minimum absolute atomic E-state index is 0. The molecule has 0 saturated heterocycles. The molecule has 3 nitrogen and oxygen atoms in total. The summed E-state index contributed by atoms with van der Waals surface area (Å²) in [5, 5.41) is 0. The van der Waals surface area contributed by atoms with E-state index in [1.165, 1.54) is 12.1 Å². The summed E-state index contributed by atoms with van der Waals surface area (Å²) < 4.78 is 35.0. The number of nitrogens with one attached hydrogen (secondary N) is 3. The van der Waals surface area contributed by atoms with Gasteiger partial charge in [-0.25, -0.2) is 0 Å². The topological polar surface area (TPSA) is 71.4 Å². The fraction of sp³-hybridized carbons (Fsp3) is 0.706. The van der Waals surface area contributed by atoms with E-state index in [1.807, 2.05) is 62.3 Å². The van der Waals surface area contributed by atoms with E-state index in [1.54, 1.807) is 0 Å². The van der Waals surface area contributed by atoms with Crippen LogP contribution in [0, 0.1) is 0 Å². The van der Waals surface area contributed by atoms with Gasteiger partial charge in [-0.05, 0) is 0 Å². The van der Waals surface area contributed by atoms with Gasteiger partial charge in [0.2, 0.25) is 0 Å². The average molecular weight is 501 g/mol. The first-order valence-electron chi connectivity index (χ1n) is 7.64. The van der Waals surface area contributed by atoms with Crippen LogP contribution in [-0.2, 0) is 26.2 Å². The first-order valence-corrected chi connectivity index (χ1v) is 11.1. The fourth-order valence-electron chi connectivity index (χ4n) is 0.563. The van der Waals surface area contributed by atoms with Gasteiger partial charge in [0.15, 0.2) is 0 Å². The maximum Gasteiger partial charge on any atom is 4.00 e. The summed E-state index contributed by atoms with van der Waals surface area (Å²) in [6.45, 7) is 16.7. The Morgan fingerprint density at radius 3 is 0.880 bits per heavy atom. The molecule has 0 fully saturated rings. The Bertz CT molecular complexity index is 354. The van der Waals surface area contributed by atoms with Gasteiger partial charge in [0.1, 0.15) is 0 Å². The summed E-state index contributed by atoms with van der Waals surface area (Å²) in [5.41, 5.74) is 20.1. The van der Waals surface area contributed by atoms with E-state index < -0.39 is 19.1 Å². The molecule has 0 aliphatic heterocycles. The minimum Gasteiger partial charge on any atom is 4.00 e. The van der Waals surface area contributed by atoms with Crippen molar-refractivity contribution in [3.8, 4) is 0 Å². The summed E-state index contributed by atoms with van der Waals surface area (Å²) >= 11 is -5.94. The molecule has 0 aliphatic rings. The molecule has 0 unspecified atom stereocenters. The standard InChI is InChI=1S/C5H4F3Ge.3C4H10N.Zr/c6-9(7,8)5-3-1-2-4-5;3*1-4(2,3)5;/h1-4H;3*5H,1-3H3;/q4*-1;+4. The van der Waals surface area contributed by atoms with Gasteiger partial charge in [-0.2, -0.15) is 0 Å². The first-order chi connectivity index (χ1) is 10.1. The van der Waals surface area contributed by atoms with E-state index in [0.717, 1.165) is 12.1 Å². The molecule has 0 spiro atoms. The van der Waals surface area contributed by atoms with Crippen LogP contribution in [0.4, 0.5) is 10.5 Å². The summed E-state index contributed by atoms with van der Waals surface area (Å²) in [6.07, 6.45) is 0. The normalized spacial score (nSPS) is 11.5. The molecule has 0 saturated carbocycles. The van der Waals surface area contributed by atoms with Gasteiger partial charge in [-0.1, -0.05) is 62.3 Å². The van der Waals surface area contributed by atoms with Gasteiger partial charge in [0, 0.05) is 0 Å².